The maximum Gasteiger partial charge on any atom is 0.237 e. The Morgan fingerprint density at radius 1 is 1.50 bits per heavy atom. The van der Waals surface area contributed by atoms with Crippen molar-refractivity contribution in [2.75, 3.05) is 13.1 Å². The van der Waals surface area contributed by atoms with Gasteiger partial charge < -0.3 is 11.1 Å². The van der Waals surface area contributed by atoms with E-state index in [1.165, 1.54) is 12.8 Å². The Morgan fingerprint density at radius 2 is 2.11 bits per heavy atom. The molecule has 1 saturated carbocycles. The first kappa shape index (κ1) is 15.4. The highest BCUT2D eigenvalue weighted by atomic mass is 32.1. The summed E-state index contributed by atoms with van der Waals surface area (Å²) in [5, 5.41) is 2.94. The summed E-state index contributed by atoms with van der Waals surface area (Å²) in [6.07, 6.45) is 5.73. The van der Waals surface area contributed by atoms with Gasteiger partial charge in [-0.2, -0.15) is 0 Å². The van der Waals surface area contributed by atoms with Crippen LogP contribution >= 0.6 is 12.2 Å². The van der Waals surface area contributed by atoms with Crippen molar-refractivity contribution in [3.05, 3.63) is 0 Å². The Hall–Kier alpha value is -0.680. The second-order valence-corrected chi connectivity index (χ2v) is 5.57. The monoisotopic (exact) mass is 271 g/mol. The van der Waals surface area contributed by atoms with E-state index in [4.69, 9.17) is 18.0 Å². The summed E-state index contributed by atoms with van der Waals surface area (Å²) < 4.78 is 0. The fourth-order valence-corrected chi connectivity index (χ4v) is 2.69. The normalized spacial score (nSPS) is 17.9. The van der Waals surface area contributed by atoms with Crippen molar-refractivity contribution < 1.29 is 4.79 Å². The molecule has 0 aromatic rings. The van der Waals surface area contributed by atoms with Gasteiger partial charge in [0.15, 0.2) is 0 Å². The van der Waals surface area contributed by atoms with E-state index in [0.29, 0.717) is 17.6 Å². The first-order valence-corrected chi connectivity index (χ1v) is 7.28. The van der Waals surface area contributed by atoms with Crippen LogP contribution in [-0.4, -0.2) is 41.0 Å². The first-order valence-electron chi connectivity index (χ1n) is 6.88. The minimum Gasteiger partial charge on any atom is -0.392 e. The Balaban J connectivity index is 2.62. The molecule has 0 aromatic heterocycles. The molecule has 1 amide bonds. The van der Waals surface area contributed by atoms with Crippen molar-refractivity contribution in [1.29, 1.82) is 0 Å². The second-order valence-electron chi connectivity index (χ2n) is 5.04. The lowest BCUT2D eigenvalue weighted by Gasteiger charge is -2.33. The number of hydrogen-bond acceptors (Lipinski definition) is 3. The number of thiocarbonyl (C=S) groups is 1. The van der Waals surface area contributed by atoms with Crippen molar-refractivity contribution in [1.82, 2.24) is 10.2 Å². The van der Waals surface area contributed by atoms with E-state index in [2.05, 4.69) is 17.1 Å². The Kier molecular flexibility index (Phi) is 6.57. The topological polar surface area (TPSA) is 58.4 Å². The molecular weight excluding hydrogens is 246 g/mol. The van der Waals surface area contributed by atoms with Gasteiger partial charge in [0.05, 0.1) is 11.0 Å². The van der Waals surface area contributed by atoms with Crippen LogP contribution < -0.4 is 11.1 Å². The Morgan fingerprint density at radius 3 is 2.61 bits per heavy atom. The van der Waals surface area contributed by atoms with Crippen molar-refractivity contribution in [3.8, 4) is 0 Å². The molecule has 0 spiro atoms. The molecule has 4 nitrogen and oxygen atoms in total. The van der Waals surface area contributed by atoms with Gasteiger partial charge in [-0.05, 0) is 26.2 Å². The molecule has 0 aliphatic heterocycles. The van der Waals surface area contributed by atoms with Crippen LogP contribution in [0.5, 0.6) is 0 Å². The summed E-state index contributed by atoms with van der Waals surface area (Å²) >= 11 is 5.00. The molecule has 3 N–H and O–H groups in total. The summed E-state index contributed by atoms with van der Waals surface area (Å²) in [7, 11) is 0. The van der Waals surface area contributed by atoms with Gasteiger partial charge in [0.1, 0.15) is 0 Å². The molecule has 0 saturated heterocycles. The number of rotatable bonds is 7. The number of nitrogens with one attached hydrogen (secondary N) is 1. The summed E-state index contributed by atoms with van der Waals surface area (Å²) in [6, 6.07) is 0.301. The van der Waals surface area contributed by atoms with Crippen LogP contribution in [0.2, 0.25) is 0 Å². The molecule has 1 rings (SSSR count). The molecule has 1 aliphatic rings. The number of carbonyl (C=O) groups excluding carboxylic acids is 1. The van der Waals surface area contributed by atoms with E-state index in [0.717, 1.165) is 25.8 Å². The summed E-state index contributed by atoms with van der Waals surface area (Å²) in [6.45, 7) is 5.27. The molecule has 0 aromatic carbocycles. The fourth-order valence-electron chi connectivity index (χ4n) is 2.54. The average Bonchev–Trinajstić information content (AvgIpc) is 2.85. The number of hydrogen-bond donors (Lipinski definition) is 2. The Bertz CT molecular complexity index is 290. The first-order chi connectivity index (χ1) is 8.56. The lowest BCUT2D eigenvalue weighted by atomic mass is 10.1. The highest BCUT2D eigenvalue weighted by Gasteiger charge is 2.30. The molecule has 1 aliphatic carbocycles. The molecule has 18 heavy (non-hydrogen) atoms. The number of amides is 1. The van der Waals surface area contributed by atoms with E-state index in [1.807, 2.05) is 6.92 Å². The predicted octanol–water partition coefficient (Wildman–Crippen LogP) is 1.43. The summed E-state index contributed by atoms with van der Waals surface area (Å²) in [4.78, 5) is 14.7. The standard InChI is InChI=1S/C13H25N3OS/c1-3-8-15-13(17)10(2)16(9-12(14)18)11-6-4-5-7-11/h10-11H,3-9H2,1-2H3,(H2,14,18)(H,15,17). The van der Waals surface area contributed by atoms with Gasteiger partial charge in [-0.25, -0.2) is 0 Å². The predicted molar refractivity (Wildman–Crippen MR) is 78.5 cm³/mol. The van der Waals surface area contributed by atoms with Crippen molar-refractivity contribution >= 4 is 23.1 Å². The summed E-state index contributed by atoms with van der Waals surface area (Å²) in [5.41, 5.74) is 5.66. The van der Waals surface area contributed by atoms with E-state index >= 15 is 0 Å². The molecule has 5 heteroatoms. The van der Waals surface area contributed by atoms with Gasteiger partial charge in [-0.15, -0.1) is 0 Å². The molecule has 1 atom stereocenters. The smallest absolute Gasteiger partial charge is 0.237 e. The van der Waals surface area contributed by atoms with E-state index in [-0.39, 0.29) is 11.9 Å². The largest absolute Gasteiger partial charge is 0.392 e. The van der Waals surface area contributed by atoms with Crippen LogP contribution in [0.3, 0.4) is 0 Å². The third-order valence-electron chi connectivity index (χ3n) is 3.56. The molecular formula is C13H25N3OS. The average molecular weight is 271 g/mol. The minimum absolute atomic E-state index is 0.0833. The zero-order valence-corrected chi connectivity index (χ0v) is 12.3. The van der Waals surface area contributed by atoms with E-state index in [9.17, 15) is 4.79 Å². The maximum absolute atomic E-state index is 12.0. The van der Waals surface area contributed by atoms with Crippen LogP contribution in [-0.2, 0) is 4.79 Å². The molecule has 0 radical (unpaired) electrons. The quantitative estimate of drug-likeness (QED) is 0.688. The zero-order valence-electron chi connectivity index (χ0n) is 11.4. The molecule has 104 valence electrons. The van der Waals surface area contributed by atoms with Gasteiger partial charge in [-0.1, -0.05) is 32.0 Å². The highest BCUT2D eigenvalue weighted by Crippen LogP contribution is 2.25. The van der Waals surface area contributed by atoms with Crippen LogP contribution in [0, 0.1) is 0 Å². The van der Waals surface area contributed by atoms with E-state index in [1.54, 1.807) is 0 Å². The minimum atomic E-state index is -0.152. The number of nitrogens with zero attached hydrogens (tertiary/aromatic N) is 1. The molecule has 1 fully saturated rings. The van der Waals surface area contributed by atoms with Crippen LogP contribution in [0.1, 0.15) is 46.0 Å². The van der Waals surface area contributed by atoms with E-state index < -0.39 is 0 Å². The lowest BCUT2D eigenvalue weighted by molar-refractivity contribution is -0.126. The van der Waals surface area contributed by atoms with Gasteiger partial charge in [0.25, 0.3) is 0 Å². The fraction of sp³-hybridized carbons (Fsp3) is 0.846. The Labute approximate surface area is 115 Å². The SMILES string of the molecule is CCCNC(=O)C(C)N(CC(N)=S)C1CCCC1. The van der Waals surface area contributed by atoms with Gasteiger partial charge in [-0.3, -0.25) is 9.69 Å². The molecule has 1 unspecified atom stereocenters. The third kappa shape index (κ3) is 4.53. The molecule has 0 heterocycles. The molecule has 0 bridgehead atoms. The van der Waals surface area contributed by atoms with Crippen molar-refractivity contribution in [2.24, 2.45) is 5.73 Å². The lowest BCUT2D eigenvalue weighted by Crippen LogP contribution is -2.51. The van der Waals surface area contributed by atoms with Gasteiger partial charge in [0, 0.05) is 19.1 Å². The zero-order chi connectivity index (χ0) is 13.5. The third-order valence-corrected chi connectivity index (χ3v) is 3.69. The van der Waals surface area contributed by atoms with Crippen molar-refractivity contribution in [3.63, 3.8) is 0 Å². The van der Waals surface area contributed by atoms with Crippen LogP contribution in [0.4, 0.5) is 0 Å². The highest BCUT2D eigenvalue weighted by molar-refractivity contribution is 7.80. The second kappa shape index (κ2) is 7.69. The summed E-state index contributed by atoms with van der Waals surface area (Å²) in [5.74, 6) is 0.0833. The number of nitrogens with two attached hydrogens (primary N) is 1. The van der Waals surface area contributed by atoms with Crippen molar-refractivity contribution in [2.45, 2.75) is 58.0 Å². The van der Waals surface area contributed by atoms with Crippen LogP contribution in [0.25, 0.3) is 0 Å². The van der Waals surface area contributed by atoms with Gasteiger partial charge >= 0.3 is 0 Å². The number of carbonyl (C=O) groups is 1. The van der Waals surface area contributed by atoms with Gasteiger partial charge in [0.2, 0.25) is 5.91 Å². The maximum atomic E-state index is 12.0. The van der Waals surface area contributed by atoms with Crippen LogP contribution in [0.15, 0.2) is 0 Å².